The molecule has 1 atom stereocenters. The van der Waals surface area contributed by atoms with Crippen LogP contribution in [0.2, 0.25) is 0 Å². The Morgan fingerprint density at radius 3 is 2.85 bits per heavy atom. The summed E-state index contributed by atoms with van der Waals surface area (Å²) in [6, 6.07) is 3.67. The molecule has 0 N–H and O–H groups in total. The van der Waals surface area contributed by atoms with Crippen LogP contribution in [0.1, 0.15) is 13.3 Å². The average molecular weight is 276 g/mol. The number of nitrogens with zero attached hydrogens (tertiary/aromatic N) is 4. The third-order valence-electron chi connectivity index (χ3n) is 3.14. The Labute approximate surface area is 119 Å². The number of hydrogen-bond donors (Lipinski definition) is 0. The fraction of sp³-hybridized carbons (Fsp3) is 0.500. The maximum absolute atomic E-state index is 11.7. The third-order valence-corrected chi connectivity index (χ3v) is 3.14. The zero-order valence-electron chi connectivity index (χ0n) is 12.1. The molecule has 0 radical (unpaired) electrons. The van der Waals surface area contributed by atoms with Gasteiger partial charge < -0.3 is 14.5 Å². The molecule has 1 unspecified atom stereocenters. The first-order valence-electron chi connectivity index (χ1n) is 6.69. The monoisotopic (exact) mass is 276 g/mol. The molecule has 1 fully saturated rings. The van der Waals surface area contributed by atoms with E-state index in [1.54, 1.807) is 23.1 Å². The number of likely N-dealkylation sites (tertiary alicyclic amines) is 1. The molecule has 1 saturated heterocycles. The van der Waals surface area contributed by atoms with Crippen molar-refractivity contribution in [2.45, 2.75) is 19.4 Å². The minimum Gasteiger partial charge on any atom is -0.471 e. The van der Waals surface area contributed by atoms with Gasteiger partial charge in [-0.05, 0) is 19.1 Å². The van der Waals surface area contributed by atoms with Gasteiger partial charge in [0.2, 0.25) is 11.8 Å². The molecule has 108 valence electrons. The molecular formula is C14H20N4O2. The van der Waals surface area contributed by atoms with Gasteiger partial charge in [-0.15, -0.1) is 10.2 Å². The molecule has 1 aliphatic rings. The first kappa shape index (κ1) is 14.3. The summed E-state index contributed by atoms with van der Waals surface area (Å²) in [6.07, 6.45) is 4.14. The van der Waals surface area contributed by atoms with Gasteiger partial charge >= 0.3 is 0 Å². The van der Waals surface area contributed by atoms with E-state index in [2.05, 4.69) is 10.2 Å². The van der Waals surface area contributed by atoms with Crippen LogP contribution in [0.25, 0.3) is 0 Å². The summed E-state index contributed by atoms with van der Waals surface area (Å²) >= 11 is 0. The molecular weight excluding hydrogens is 256 g/mol. The largest absolute Gasteiger partial charge is 0.471 e. The van der Waals surface area contributed by atoms with Crippen molar-refractivity contribution >= 4 is 11.7 Å². The Kier molecular flexibility index (Phi) is 4.55. The quantitative estimate of drug-likeness (QED) is 0.771. The number of aromatic nitrogens is 2. The molecule has 20 heavy (non-hydrogen) atoms. The number of anilines is 1. The van der Waals surface area contributed by atoms with E-state index in [4.69, 9.17) is 4.74 Å². The van der Waals surface area contributed by atoms with Crippen molar-refractivity contribution in [3.05, 3.63) is 24.3 Å². The maximum atomic E-state index is 11.7. The number of carbonyl (C=O) groups excluding carboxylic acids is 1. The van der Waals surface area contributed by atoms with Crippen molar-refractivity contribution in [3.63, 3.8) is 0 Å². The fourth-order valence-electron chi connectivity index (χ4n) is 2.06. The standard InChI is InChI=1S/C14H20N4O2/c1-4-5-14(19)18-9-8-11(10-18)20-13-7-6-12(15-16-13)17(2)3/h4-7,11H,8-10H2,1-3H3/b5-4+. The Hall–Kier alpha value is -2.11. The second-order valence-corrected chi connectivity index (χ2v) is 4.94. The Bertz CT molecular complexity index is 484. The van der Waals surface area contributed by atoms with E-state index < -0.39 is 0 Å². The number of allylic oxidation sites excluding steroid dienone is 1. The van der Waals surface area contributed by atoms with Crippen LogP contribution in [-0.4, -0.2) is 54.3 Å². The summed E-state index contributed by atoms with van der Waals surface area (Å²) in [7, 11) is 3.82. The third kappa shape index (κ3) is 3.46. The summed E-state index contributed by atoms with van der Waals surface area (Å²) < 4.78 is 5.76. The Morgan fingerprint density at radius 1 is 1.45 bits per heavy atom. The van der Waals surface area contributed by atoms with Crippen LogP contribution >= 0.6 is 0 Å². The van der Waals surface area contributed by atoms with Crippen LogP contribution in [0.5, 0.6) is 5.88 Å². The van der Waals surface area contributed by atoms with Crippen LogP contribution < -0.4 is 9.64 Å². The SMILES string of the molecule is C/C=C/C(=O)N1CCC(Oc2ccc(N(C)C)nn2)C1. The summed E-state index contributed by atoms with van der Waals surface area (Å²) in [5, 5.41) is 8.10. The molecule has 1 aromatic rings. The van der Waals surface area contributed by atoms with E-state index in [9.17, 15) is 4.79 Å². The van der Waals surface area contributed by atoms with Crippen LogP contribution in [-0.2, 0) is 4.79 Å². The van der Waals surface area contributed by atoms with Gasteiger partial charge in [-0.1, -0.05) is 6.08 Å². The van der Waals surface area contributed by atoms with Crippen molar-refractivity contribution in [1.82, 2.24) is 15.1 Å². The Balaban J connectivity index is 1.90. The van der Waals surface area contributed by atoms with Gasteiger partial charge in [0.15, 0.2) is 5.82 Å². The van der Waals surface area contributed by atoms with Gasteiger partial charge in [0.25, 0.3) is 0 Å². The van der Waals surface area contributed by atoms with Crippen molar-refractivity contribution < 1.29 is 9.53 Å². The average Bonchev–Trinajstić information content (AvgIpc) is 2.88. The molecule has 1 amide bonds. The van der Waals surface area contributed by atoms with Crippen molar-refractivity contribution in [3.8, 4) is 5.88 Å². The normalized spacial score (nSPS) is 18.6. The van der Waals surface area contributed by atoms with Crippen LogP contribution in [0.3, 0.4) is 0 Å². The highest BCUT2D eigenvalue weighted by Gasteiger charge is 2.26. The minimum atomic E-state index is -0.0105. The van der Waals surface area contributed by atoms with E-state index in [-0.39, 0.29) is 12.0 Å². The lowest BCUT2D eigenvalue weighted by molar-refractivity contribution is -0.125. The van der Waals surface area contributed by atoms with E-state index in [1.165, 1.54) is 0 Å². The van der Waals surface area contributed by atoms with E-state index in [1.807, 2.05) is 32.0 Å². The molecule has 1 aromatic heterocycles. The zero-order valence-corrected chi connectivity index (χ0v) is 12.1. The summed E-state index contributed by atoms with van der Waals surface area (Å²) in [6.45, 7) is 3.15. The van der Waals surface area contributed by atoms with E-state index in [0.29, 0.717) is 12.4 Å². The van der Waals surface area contributed by atoms with Gasteiger partial charge in [0, 0.05) is 33.1 Å². The summed E-state index contributed by atoms with van der Waals surface area (Å²) in [5.41, 5.74) is 0. The molecule has 0 saturated carbocycles. The lowest BCUT2D eigenvalue weighted by atomic mass is 10.3. The summed E-state index contributed by atoms with van der Waals surface area (Å²) in [5.74, 6) is 1.32. The lowest BCUT2D eigenvalue weighted by Gasteiger charge is -2.15. The van der Waals surface area contributed by atoms with Crippen molar-refractivity contribution in [1.29, 1.82) is 0 Å². The van der Waals surface area contributed by atoms with Crippen LogP contribution in [0.4, 0.5) is 5.82 Å². The molecule has 1 aliphatic heterocycles. The smallest absolute Gasteiger partial charge is 0.246 e. The zero-order chi connectivity index (χ0) is 14.5. The topological polar surface area (TPSA) is 58.6 Å². The Morgan fingerprint density at radius 2 is 2.25 bits per heavy atom. The number of ether oxygens (including phenoxy) is 1. The lowest BCUT2D eigenvalue weighted by Crippen LogP contribution is -2.29. The molecule has 2 heterocycles. The second-order valence-electron chi connectivity index (χ2n) is 4.94. The highest BCUT2D eigenvalue weighted by atomic mass is 16.5. The van der Waals surface area contributed by atoms with Gasteiger partial charge in [-0.25, -0.2) is 0 Å². The minimum absolute atomic E-state index is 0.0105. The van der Waals surface area contributed by atoms with E-state index >= 15 is 0 Å². The fourth-order valence-corrected chi connectivity index (χ4v) is 2.06. The van der Waals surface area contributed by atoms with Crippen molar-refractivity contribution in [2.75, 3.05) is 32.1 Å². The highest BCUT2D eigenvalue weighted by molar-refractivity contribution is 5.87. The molecule has 6 heteroatoms. The number of carbonyl (C=O) groups is 1. The predicted molar refractivity (Wildman–Crippen MR) is 76.8 cm³/mol. The van der Waals surface area contributed by atoms with Gasteiger partial charge in [0.1, 0.15) is 6.10 Å². The van der Waals surface area contributed by atoms with Gasteiger partial charge in [0.05, 0.1) is 6.54 Å². The van der Waals surface area contributed by atoms with Gasteiger partial charge in [-0.3, -0.25) is 4.79 Å². The van der Waals surface area contributed by atoms with Crippen LogP contribution in [0, 0.1) is 0 Å². The van der Waals surface area contributed by atoms with Gasteiger partial charge in [-0.2, -0.15) is 0 Å². The summed E-state index contributed by atoms with van der Waals surface area (Å²) in [4.78, 5) is 15.4. The molecule has 0 bridgehead atoms. The molecule has 6 nitrogen and oxygen atoms in total. The molecule has 0 spiro atoms. The first-order valence-corrected chi connectivity index (χ1v) is 6.69. The number of rotatable bonds is 4. The van der Waals surface area contributed by atoms with Crippen LogP contribution in [0.15, 0.2) is 24.3 Å². The second kappa shape index (κ2) is 6.36. The molecule has 0 aliphatic carbocycles. The number of amides is 1. The number of hydrogen-bond acceptors (Lipinski definition) is 5. The van der Waals surface area contributed by atoms with Crippen molar-refractivity contribution in [2.24, 2.45) is 0 Å². The predicted octanol–water partition coefficient (Wildman–Crippen LogP) is 1.10. The molecule has 2 rings (SSSR count). The van der Waals surface area contributed by atoms with E-state index in [0.717, 1.165) is 18.8 Å². The first-order chi connectivity index (χ1) is 9.60. The molecule has 0 aromatic carbocycles. The highest BCUT2D eigenvalue weighted by Crippen LogP contribution is 2.17. The maximum Gasteiger partial charge on any atom is 0.246 e.